The van der Waals surface area contributed by atoms with Crippen molar-refractivity contribution in [2.45, 2.75) is 20.4 Å². The first-order chi connectivity index (χ1) is 10.5. The highest BCUT2D eigenvalue weighted by atomic mass is 35.5. The Morgan fingerprint density at radius 1 is 1.09 bits per heavy atom. The van der Waals surface area contributed by atoms with Gasteiger partial charge >= 0.3 is 0 Å². The Labute approximate surface area is 136 Å². The highest BCUT2D eigenvalue weighted by Gasteiger charge is 2.10. The zero-order valence-corrected chi connectivity index (χ0v) is 13.9. The summed E-state index contributed by atoms with van der Waals surface area (Å²) < 4.78 is 0. The fourth-order valence-electron chi connectivity index (χ4n) is 2.39. The van der Waals surface area contributed by atoms with Gasteiger partial charge in [0.1, 0.15) is 0 Å². The van der Waals surface area contributed by atoms with Crippen molar-refractivity contribution in [3.05, 3.63) is 64.2 Å². The van der Waals surface area contributed by atoms with Crippen molar-refractivity contribution >= 4 is 23.2 Å². The molecule has 0 saturated carbocycles. The largest absolute Gasteiger partial charge is 0.324 e. The van der Waals surface area contributed by atoms with E-state index >= 15 is 0 Å². The zero-order chi connectivity index (χ0) is 16.1. The van der Waals surface area contributed by atoms with E-state index in [9.17, 15) is 4.79 Å². The maximum atomic E-state index is 12.2. The lowest BCUT2D eigenvalue weighted by Gasteiger charge is -2.18. The first-order valence-electron chi connectivity index (χ1n) is 7.25. The molecule has 116 valence electrons. The number of halogens is 1. The van der Waals surface area contributed by atoms with E-state index in [2.05, 4.69) is 5.32 Å². The molecule has 0 aliphatic heterocycles. The van der Waals surface area contributed by atoms with Crippen LogP contribution in [0.1, 0.15) is 16.7 Å². The lowest BCUT2D eigenvalue weighted by Crippen LogP contribution is -2.30. The van der Waals surface area contributed by atoms with Gasteiger partial charge in [0, 0.05) is 17.3 Å². The molecule has 0 fully saturated rings. The summed E-state index contributed by atoms with van der Waals surface area (Å²) in [5.41, 5.74) is 4.20. The molecule has 1 amide bonds. The van der Waals surface area contributed by atoms with E-state index in [1.165, 1.54) is 0 Å². The third-order valence-electron chi connectivity index (χ3n) is 3.52. The number of likely N-dealkylation sites (N-methyl/N-ethyl adjacent to an activating group) is 1. The predicted molar refractivity (Wildman–Crippen MR) is 92.3 cm³/mol. The minimum absolute atomic E-state index is 0.00568. The highest BCUT2D eigenvalue weighted by molar-refractivity contribution is 6.30. The molecule has 4 heteroatoms. The number of nitrogens with zero attached hydrogens (tertiary/aromatic N) is 1. The van der Waals surface area contributed by atoms with Gasteiger partial charge in [-0.05, 0) is 49.7 Å². The number of nitrogens with one attached hydrogen (secondary N) is 1. The van der Waals surface area contributed by atoms with Crippen molar-refractivity contribution in [2.24, 2.45) is 0 Å². The number of hydrogen-bond donors (Lipinski definition) is 1. The number of carbonyl (C=O) groups excluding carboxylic acids is 1. The predicted octanol–water partition coefficient (Wildman–Crippen LogP) is 4.03. The first kappa shape index (κ1) is 16.5. The number of hydrogen-bond acceptors (Lipinski definition) is 2. The van der Waals surface area contributed by atoms with Gasteiger partial charge in [-0.15, -0.1) is 0 Å². The number of aryl methyl sites for hydroxylation is 2. The van der Waals surface area contributed by atoms with Gasteiger partial charge in [0.15, 0.2) is 0 Å². The zero-order valence-electron chi connectivity index (χ0n) is 13.2. The summed E-state index contributed by atoms with van der Waals surface area (Å²) in [5.74, 6) is -0.00568. The Balaban J connectivity index is 1.92. The second-order valence-corrected chi connectivity index (χ2v) is 6.05. The summed E-state index contributed by atoms with van der Waals surface area (Å²) in [7, 11) is 1.93. The maximum absolute atomic E-state index is 12.2. The first-order valence-corrected chi connectivity index (χ1v) is 7.62. The molecule has 0 saturated heterocycles. The van der Waals surface area contributed by atoms with Crippen LogP contribution in [0.3, 0.4) is 0 Å². The molecule has 0 atom stereocenters. The minimum Gasteiger partial charge on any atom is -0.324 e. The molecule has 0 heterocycles. The summed E-state index contributed by atoms with van der Waals surface area (Å²) in [5, 5.41) is 3.72. The normalized spacial score (nSPS) is 10.8. The molecule has 2 rings (SSSR count). The number of amides is 1. The number of carbonyl (C=O) groups is 1. The van der Waals surface area contributed by atoms with Crippen LogP contribution in [-0.4, -0.2) is 24.4 Å². The van der Waals surface area contributed by atoms with Crippen LogP contribution in [0.4, 0.5) is 5.69 Å². The number of anilines is 1. The SMILES string of the molecule is Cc1cccc(C)c1NC(=O)CN(C)Cc1ccc(Cl)cc1. The van der Waals surface area contributed by atoms with E-state index < -0.39 is 0 Å². The lowest BCUT2D eigenvalue weighted by molar-refractivity contribution is -0.117. The molecule has 0 radical (unpaired) electrons. The summed E-state index contributed by atoms with van der Waals surface area (Å²) >= 11 is 5.87. The van der Waals surface area contributed by atoms with Gasteiger partial charge in [-0.3, -0.25) is 9.69 Å². The summed E-state index contributed by atoms with van der Waals surface area (Å²) in [4.78, 5) is 14.2. The van der Waals surface area contributed by atoms with Gasteiger partial charge in [-0.1, -0.05) is 41.9 Å². The summed E-state index contributed by atoms with van der Waals surface area (Å²) in [6.45, 7) is 5.05. The molecule has 0 unspecified atom stereocenters. The van der Waals surface area contributed by atoms with Gasteiger partial charge in [0.25, 0.3) is 0 Å². The lowest BCUT2D eigenvalue weighted by atomic mass is 10.1. The van der Waals surface area contributed by atoms with Gasteiger partial charge in [-0.2, -0.15) is 0 Å². The molecule has 3 nitrogen and oxygen atoms in total. The second-order valence-electron chi connectivity index (χ2n) is 5.61. The van der Waals surface area contributed by atoms with Crippen LogP contribution in [0.5, 0.6) is 0 Å². The van der Waals surface area contributed by atoms with Crippen molar-refractivity contribution < 1.29 is 4.79 Å². The van der Waals surface area contributed by atoms with E-state index in [1.807, 2.05) is 68.3 Å². The van der Waals surface area contributed by atoms with Crippen LogP contribution in [0.2, 0.25) is 5.02 Å². The Kier molecular flexibility index (Phi) is 5.58. The molecule has 0 bridgehead atoms. The number of rotatable bonds is 5. The van der Waals surface area contributed by atoms with Gasteiger partial charge in [0.2, 0.25) is 5.91 Å². The topological polar surface area (TPSA) is 32.3 Å². The van der Waals surface area contributed by atoms with Gasteiger partial charge in [0.05, 0.1) is 6.54 Å². The van der Waals surface area contributed by atoms with Crippen LogP contribution in [0.15, 0.2) is 42.5 Å². The van der Waals surface area contributed by atoms with Crippen LogP contribution < -0.4 is 5.32 Å². The van der Waals surface area contributed by atoms with Crippen LogP contribution in [0, 0.1) is 13.8 Å². The van der Waals surface area contributed by atoms with E-state index in [1.54, 1.807) is 0 Å². The van der Waals surface area contributed by atoms with Crippen molar-refractivity contribution in [3.8, 4) is 0 Å². The molecule has 0 spiro atoms. The fraction of sp³-hybridized carbons (Fsp3) is 0.278. The van der Waals surface area contributed by atoms with Crippen molar-refractivity contribution in [3.63, 3.8) is 0 Å². The molecule has 1 N–H and O–H groups in total. The van der Waals surface area contributed by atoms with Gasteiger partial charge in [-0.25, -0.2) is 0 Å². The van der Waals surface area contributed by atoms with Crippen LogP contribution >= 0.6 is 11.6 Å². The minimum atomic E-state index is -0.00568. The Morgan fingerprint density at radius 3 is 2.27 bits per heavy atom. The standard InChI is InChI=1S/C18H21ClN2O/c1-13-5-4-6-14(2)18(13)20-17(22)12-21(3)11-15-7-9-16(19)10-8-15/h4-10H,11-12H2,1-3H3,(H,20,22). The van der Waals surface area contributed by atoms with Crippen molar-refractivity contribution in [1.29, 1.82) is 0 Å². The third kappa shape index (κ3) is 4.58. The molecule has 2 aromatic carbocycles. The van der Waals surface area contributed by atoms with Crippen LogP contribution in [-0.2, 0) is 11.3 Å². The number of benzene rings is 2. The molecular weight excluding hydrogens is 296 g/mol. The maximum Gasteiger partial charge on any atom is 0.238 e. The molecule has 22 heavy (non-hydrogen) atoms. The summed E-state index contributed by atoms with van der Waals surface area (Å²) in [6, 6.07) is 13.7. The summed E-state index contributed by atoms with van der Waals surface area (Å²) in [6.07, 6.45) is 0. The molecule has 0 aliphatic carbocycles. The average molecular weight is 317 g/mol. The Morgan fingerprint density at radius 2 is 1.68 bits per heavy atom. The molecular formula is C18H21ClN2O. The number of para-hydroxylation sites is 1. The van der Waals surface area contributed by atoms with Crippen LogP contribution in [0.25, 0.3) is 0 Å². The Bertz CT molecular complexity index is 632. The third-order valence-corrected chi connectivity index (χ3v) is 3.78. The van der Waals surface area contributed by atoms with Crippen molar-refractivity contribution in [2.75, 3.05) is 18.9 Å². The monoisotopic (exact) mass is 316 g/mol. The van der Waals surface area contributed by atoms with E-state index in [4.69, 9.17) is 11.6 Å². The quantitative estimate of drug-likeness (QED) is 0.903. The molecule has 2 aromatic rings. The van der Waals surface area contributed by atoms with Crippen molar-refractivity contribution in [1.82, 2.24) is 4.90 Å². The fourth-order valence-corrected chi connectivity index (χ4v) is 2.52. The molecule has 0 aliphatic rings. The smallest absolute Gasteiger partial charge is 0.238 e. The highest BCUT2D eigenvalue weighted by Crippen LogP contribution is 2.19. The van der Waals surface area contributed by atoms with E-state index in [0.29, 0.717) is 13.1 Å². The van der Waals surface area contributed by atoms with E-state index in [0.717, 1.165) is 27.4 Å². The second kappa shape index (κ2) is 7.43. The Hall–Kier alpha value is -1.84. The van der Waals surface area contributed by atoms with E-state index in [-0.39, 0.29) is 5.91 Å². The van der Waals surface area contributed by atoms with Gasteiger partial charge < -0.3 is 5.32 Å². The average Bonchev–Trinajstić information content (AvgIpc) is 2.45. The molecule has 0 aromatic heterocycles.